The summed E-state index contributed by atoms with van der Waals surface area (Å²) in [5.74, 6) is 0.845. The summed E-state index contributed by atoms with van der Waals surface area (Å²) < 4.78 is 17.7. The van der Waals surface area contributed by atoms with Crippen LogP contribution in [0, 0.1) is 13.8 Å². The van der Waals surface area contributed by atoms with Gasteiger partial charge in [0.15, 0.2) is 6.29 Å². The molecular formula is C14H21BrO3. The zero-order chi connectivity index (χ0) is 13.5. The van der Waals surface area contributed by atoms with Crippen molar-refractivity contribution < 1.29 is 14.2 Å². The lowest BCUT2D eigenvalue weighted by atomic mass is 10.1. The summed E-state index contributed by atoms with van der Waals surface area (Å²) in [6.07, 6.45) is -0.302. The molecular weight excluding hydrogens is 296 g/mol. The Hall–Kier alpha value is -0.580. The molecule has 102 valence electrons. The van der Waals surface area contributed by atoms with E-state index in [4.69, 9.17) is 14.2 Å². The summed E-state index contributed by atoms with van der Waals surface area (Å²) in [5.41, 5.74) is 2.32. The Morgan fingerprint density at radius 3 is 2.00 bits per heavy atom. The minimum absolute atomic E-state index is 0.302. The van der Waals surface area contributed by atoms with E-state index in [0.29, 0.717) is 19.8 Å². The zero-order valence-electron chi connectivity index (χ0n) is 11.5. The van der Waals surface area contributed by atoms with Gasteiger partial charge in [-0.3, -0.25) is 0 Å². The third-order valence-corrected chi connectivity index (χ3v) is 3.75. The van der Waals surface area contributed by atoms with Gasteiger partial charge in [-0.25, -0.2) is 0 Å². The number of hydrogen-bond acceptors (Lipinski definition) is 3. The fourth-order valence-corrected chi connectivity index (χ4v) is 1.90. The summed E-state index contributed by atoms with van der Waals surface area (Å²) in [6, 6.07) is 4.01. The summed E-state index contributed by atoms with van der Waals surface area (Å²) >= 11 is 3.54. The average molecular weight is 317 g/mol. The second kappa shape index (κ2) is 7.77. The number of halogens is 1. The van der Waals surface area contributed by atoms with Crippen molar-refractivity contribution in [3.05, 3.63) is 27.7 Å². The Labute approximate surface area is 118 Å². The molecule has 4 heteroatoms. The molecule has 0 atom stereocenters. The molecule has 0 N–H and O–H groups in total. The first-order valence-electron chi connectivity index (χ1n) is 6.21. The van der Waals surface area contributed by atoms with Crippen LogP contribution in [0.1, 0.15) is 25.0 Å². The fourth-order valence-electron chi connectivity index (χ4n) is 1.67. The van der Waals surface area contributed by atoms with Crippen molar-refractivity contribution in [1.82, 2.24) is 0 Å². The molecule has 0 unspecified atom stereocenters. The summed E-state index contributed by atoms with van der Waals surface area (Å²) in [5, 5.41) is 0. The van der Waals surface area contributed by atoms with Crippen molar-refractivity contribution in [2.75, 3.05) is 19.8 Å². The maximum atomic E-state index is 5.72. The number of hydrogen-bond donors (Lipinski definition) is 0. The molecule has 18 heavy (non-hydrogen) atoms. The van der Waals surface area contributed by atoms with Crippen molar-refractivity contribution in [3.63, 3.8) is 0 Å². The van der Waals surface area contributed by atoms with Crippen molar-refractivity contribution in [2.24, 2.45) is 0 Å². The third kappa shape index (κ3) is 4.59. The van der Waals surface area contributed by atoms with Crippen LogP contribution in [0.4, 0.5) is 0 Å². The minimum Gasteiger partial charge on any atom is -0.488 e. The molecule has 0 bridgehead atoms. The number of rotatable bonds is 7. The Balaban J connectivity index is 2.61. The minimum atomic E-state index is -0.302. The largest absolute Gasteiger partial charge is 0.488 e. The topological polar surface area (TPSA) is 27.7 Å². The summed E-state index contributed by atoms with van der Waals surface area (Å²) in [6.45, 7) is 9.62. The summed E-state index contributed by atoms with van der Waals surface area (Å²) in [7, 11) is 0. The molecule has 0 aliphatic rings. The first kappa shape index (κ1) is 15.5. The lowest BCUT2D eigenvalue weighted by Crippen LogP contribution is -2.25. The van der Waals surface area contributed by atoms with Crippen LogP contribution in [0.5, 0.6) is 5.75 Å². The molecule has 0 amide bonds. The third-order valence-electron chi connectivity index (χ3n) is 2.50. The number of aryl methyl sites for hydroxylation is 2. The van der Waals surface area contributed by atoms with Crippen LogP contribution in [0.3, 0.4) is 0 Å². The van der Waals surface area contributed by atoms with Gasteiger partial charge in [-0.15, -0.1) is 0 Å². The van der Waals surface area contributed by atoms with E-state index in [0.717, 1.165) is 21.3 Å². The average Bonchev–Trinajstić information content (AvgIpc) is 2.33. The van der Waals surface area contributed by atoms with E-state index in [1.165, 1.54) is 0 Å². The molecule has 0 aliphatic heterocycles. The number of benzene rings is 1. The molecule has 0 aliphatic carbocycles. The highest BCUT2D eigenvalue weighted by Gasteiger charge is 2.10. The van der Waals surface area contributed by atoms with Crippen LogP contribution in [0.25, 0.3) is 0 Å². The van der Waals surface area contributed by atoms with E-state index in [9.17, 15) is 0 Å². The van der Waals surface area contributed by atoms with Gasteiger partial charge in [0.2, 0.25) is 0 Å². The molecule has 0 radical (unpaired) electrons. The highest BCUT2D eigenvalue weighted by atomic mass is 79.9. The normalized spacial score (nSPS) is 11.0. The van der Waals surface area contributed by atoms with Crippen LogP contribution >= 0.6 is 15.9 Å². The Kier molecular flexibility index (Phi) is 6.68. The van der Waals surface area contributed by atoms with E-state index in [1.54, 1.807) is 0 Å². The van der Waals surface area contributed by atoms with Gasteiger partial charge in [-0.2, -0.15) is 0 Å². The second-order valence-electron chi connectivity index (χ2n) is 4.02. The molecule has 0 heterocycles. The Morgan fingerprint density at radius 1 is 1.06 bits per heavy atom. The van der Waals surface area contributed by atoms with Gasteiger partial charge in [0.05, 0.1) is 0 Å². The van der Waals surface area contributed by atoms with Crippen molar-refractivity contribution >= 4 is 15.9 Å². The van der Waals surface area contributed by atoms with Gasteiger partial charge in [0.25, 0.3) is 0 Å². The van der Waals surface area contributed by atoms with Crippen LogP contribution in [-0.4, -0.2) is 26.1 Å². The van der Waals surface area contributed by atoms with Gasteiger partial charge in [0.1, 0.15) is 12.4 Å². The lowest BCUT2D eigenvalue weighted by Gasteiger charge is -2.18. The van der Waals surface area contributed by atoms with Gasteiger partial charge >= 0.3 is 0 Å². The maximum absolute atomic E-state index is 5.72. The standard InChI is InChI=1S/C14H21BrO3/c1-5-16-13(17-6-2)9-18-12-7-10(3)14(15)11(4)8-12/h7-8,13H,5-6,9H2,1-4H3. The quantitative estimate of drug-likeness (QED) is 0.715. The molecule has 1 aromatic rings. The number of ether oxygens (including phenoxy) is 3. The second-order valence-corrected chi connectivity index (χ2v) is 4.82. The zero-order valence-corrected chi connectivity index (χ0v) is 13.0. The maximum Gasteiger partial charge on any atom is 0.191 e. The van der Waals surface area contributed by atoms with E-state index in [2.05, 4.69) is 15.9 Å². The smallest absolute Gasteiger partial charge is 0.191 e. The molecule has 0 saturated heterocycles. The van der Waals surface area contributed by atoms with Gasteiger partial charge in [0, 0.05) is 17.7 Å². The van der Waals surface area contributed by atoms with Gasteiger partial charge in [-0.05, 0) is 51.0 Å². The van der Waals surface area contributed by atoms with Crippen LogP contribution in [0.2, 0.25) is 0 Å². The molecule has 3 nitrogen and oxygen atoms in total. The summed E-state index contributed by atoms with van der Waals surface area (Å²) in [4.78, 5) is 0. The van der Waals surface area contributed by atoms with E-state index >= 15 is 0 Å². The predicted octanol–water partition coefficient (Wildman–Crippen LogP) is 3.84. The predicted molar refractivity (Wildman–Crippen MR) is 76.2 cm³/mol. The highest BCUT2D eigenvalue weighted by molar-refractivity contribution is 9.10. The molecule has 0 spiro atoms. The highest BCUT2D eigenvalue weighted by Crippen LogP contribution is 2.26. The molecule has 0 saturated carbocycles. The fraction of sp³-hybridized carbons (Fsp3) is 0.571. The molecule has 0 fully saturated rings. The van der Waals surface area contributed by atoms with Crippen LogP contribution in [-0.2, 0) is 9.47 Å². The van der Waals surface area contributed by atoms with E-state index in [1.807, 2.05) is 39.8 Å². The first-order chi connectivity index (χ1) is 8.58. The molecule has 1 aromatic carbocycles. The Bertz CT molecular complexity index is 350. The van der Waals surface area contributed by atoms with Crippen LogP contribution < -0.4 is 4.74 Å². The van der Waals surface area contributed by atoms with Gasteiger partial charge in [-0.1, -0.05) is 15.9 Å². The van der Waals surface area contributed by atoms with E-state index in [-0.39, 0.29) is 6.29 Å². The van der Waals surface area contributed by atoms with Gasteiger partial charge < -0.3 is 14.2 Å². The first-order valence-corrected chi connectivity index (χ1v) is 7.00. The Morgan fingerprint density at radius 2 is 1.56 bits per heavy atom. The monoisotopic (exact) mass is 316 g/mol. The molecule has 1 rings (SSSR count). The SMILES string of the molecule is CCOC(COc1cc(C)c(Br)c(C)c1)OCC. The van der Waals surface area contributed by atoms with Crippen LogP contribution in [0.15, 0.2) is 16.6 Å². The van der Waals surface area contributed by atoms with Crippen molar-refractivity contribution in [2.45, 2.75) is 34.0 Å². The lowest BCUT2D eigenvalue weighted by molar-refractivity contribution is -0.152. The van der Waals surface area contributed by atoms with E-state index < -0.39 is 0 Å². The van der Waals surface area contributed by atoms with Crippen molar-refractivity contribution in [3.8, 4) is 5.75 Å². The van der Waals surface area contributed by atoms with Crippen molar-refractivity contribution in [1.29, 1.82) is 0 Å². The molecule has 0 aromatic heterocycles.